The van der Waals surface area contributed by atoms with Crippen molar-refractivity contribution in [1.82, 2.24) is 0 Å². The predicted octanol–water partition coefficient (Wildman–Crippen LogP) is -5.62. The van der Waals surface area contributed by atoms with Crippen LogP contribution in [0.2, 0.25) is 0 Å². The molecule has 13 heavy (non-hydrogen) atoms. The van der Waals surface area contributed by atoms with Crippen LogP contribution >= 0.6 is 0 Å². The van der Waals surface area contributed by atoms with Crippen LogP contribution in [0, 0.1) is 0 Å². The van der Waals surface area contributed by atoms with Gasteiger partial charge in [0.25, 0.3) is 0 Å². The average molecular weight is 336 g/mol. The molecule has 2 unspecified atom stereocenters. The number of carbonyl (C=O) groups excluding carboxylic acids is 1. The maximum Gasteiger partial charge on any atom is 2.00 e. The van der Waals surface area contributed by atoms with E-state index < -0.39 is 24.1 Å². The van der Waals surface area contributed by atoms with Gasteiger partial charge in [0.05, 0.1) is 0 Å². The molecule has 0 saturated carbocycles. The molecule has 0 aliphatic rings. The number of aliphatic hydroxyl groups is 2. The van der Waals surface area contributed by atoms with E-state index in [1.807, 2.05) is 0 Å². The topological polar surface area (TPSA) is 104 Å². The summed E-state index contributed by atoms with van der Waals surface area (Å²) in [4.78, 5) is 20.1. The summed E-state index contributed by atoms with van der Waals surface area (Å²) < 4.78 is 3.47. The minimum absolute atomic E-state index is 0. The summed E-state index contributed by atoms with van der Waals surface area (Å²) in [5.74, 6) is -3.14. The maximum atomic E-state index is 10.2. The van der Waals surface area contributed by atoms with Crippen LogP contribution < -0.4 is 58.2 Å². The third-order valence-corrected chi connectivity index (χ3v) is 0.910. The molecule has 66 valence electrons. The van der Waals surface area contributed by atoms with Crippen LogP contribution in [0.25, 0.3) is 0 Å². The van der Waals surface area contributed by atoms with Crippen LogP contribution in [0.5, 0.6) is 0 Å². The van der Waals surface area contributed by atoms with E-state index >= 15 is 0 Å². The van der Waals surface area contributed by atoms with Gasteiger partial charge in [0, 0.05) is 0 Å². The van der Waals surface area contributed by atoms with Crippen molar-refractivity contribution in [3.05, 3.63) is 0 Å². The first-order valence-electron chi connectivity index (χ1n) is 2.50. The molecule has 0 bridgehead atoms. The largest absolute Gasteiger partial charge is 2.00 e. The molecule has 6 nitrogen and oxygen atoms in total. The summed E-state index contributed by atoms with van der Waals surface area (Å²) in [6.45, 7) is 0. The smallest absolute Gasteiger partial charge is 1.00 e. The second-order valence-corrected chi connectivity index (χ2v) is 1.66. The van der Waals surface area contributed by atoms with Crippen molar-refractivity contribution in [2.24, 2.45) is 0 Å². The van der Waals surface area contributed by atoms with Gasteiger partial charge in [0.15, 0.2) is 12.2 Å². The second-order valence-electron chi connectivity index (χ2n) is 1.66. The van der Waals surface area contributed by atoms with Crippen LogP contribution in [0.1, 0.15) is 4.28 Å². The average Bonchev–Trinajstić information content (AvgIpc) is 2.00. The summed E-state index contributed by atoms with van der Waals surface area (Å²) in [7, 11) is 4.30. The van der Waals surface area contributed by atoms with Crippen molar-refractivity contribution < 1.29 is 92.0 Å². The van der Waals surface area contributed by atoms with E-state index in [1.54, 1.807) is 0 Å². The second kappa shape index (κ2) is 10.7. The number of hydrogen-bond acceptors (Lipinski definition) is 5. The molecule has 0 heterocycles. The number of carboxylic acids is 1. The van der Waals surface area contributed by atoms with Crippen molar-refractivity contribution >= 4 is 65.5 Å². The molecule has 0 amide bonds. The maximum absolute atomic E-state index is 10.2. The molecule has 3 N–H and O–H groups in total. The third-order valence-electron chi connectivity index (χ3n) is 0.910. The molecule has 2 radical (unpaired) electrons. The number of aliphatic carboxylic acids is 1. The van der Waals surface area contributed by atoms with Crippen molar-refractivity contribution in [3.63, 3.8) is 0 Å². The summed E-state index contributed by atoms with van der Waals surface area (Å²) in [5, 5.41) is 25.1. The molecule has 9 heteroatoms. The van der Waals surface area contributed by atoms with E-state index in [9.17, 15) is 9.59 Å². The Morgan fingerprint density at radius 3 is 1.92 bits per heavy atom. The number of carbonyl (C=O) groups is 2. The van der Waals surface area contributed by atoms with Gasteiger partial charge in [-0.3, -0.25) is 4.79 Å². The Morgan fingerprint density at radius 1 is 1.31 bits per heavy atom. The molecular weight excluding hydrogens is 328 g/mol. The van der Waals surface area contributed by atoms with Crippen LogP contribution in [0.4, 0.5) is 0 Å². The number of aliphatic hydroxyl groups excluding tert-OH is 2. The van der Waals surface area contributed by atoms with Gasteiger partial charge in [-0.05, 0) is 0 Å². The van der Waals surface area contributed by atoms with Crippen LogP contribution in [0.3, 0.4) is 0 Å². The van der Waals surface area contributed by atoms with E-state index in [2.05, 4.69) is 12.7 Å². The fraction of sp³-hybridized carbons (Fsp3) is 0.500. The van der Waals surface area contributed by atoms with Crippen molar-refractivity contribution in [1.29, 1.82) is 0 Å². The zero-order valence-corrected chi connectivity index (χ0v) is 15.4. The first-order chi connectivity index (χ1) is 5.00. The number of hydrogen-bond donors (Lipinski definition) is 3. The first kappa shape index (κ1) is 20.6. The Kier molecular flexibility index (Phi) is 17.0. The van der Waals surface area contributed by atoms with Gasteiger partial charge in [0.1, 0.15) is 0 Å². The fourth-order valence-corrected chi connectivity index (χ4v) is 0.334. The Labute approximate surface area is 166 Å². The normalized spacial score (nSPS) is 12.8. The molecule has 0 fully saturated rings. The molecular formula is C4H8BO6RbSr. The van der Waals surface area contributed by atoms with Gasteiger partial charge in [-0.25, -0.2) is 4.79 Å². The fourth-order valence-electron chi connectivity index (χ4n) is 0.334. The molecule has 2 atom stereocenters. The van der Waals surface area contributed by atoms with Crippen molar-refractivity contribution in [2.75, 3.05) is 0 Å². The molecule has 0 spiro atoms. The van der Waals surface area contributed by atoms with Gasteiger partial charge in [-0.2, -0.15) is 0 Å². The monoisotopic (exact) mass is 336 g/mol. The molecule has 0 aromatic carbocycles. The summed E-state index contributed by atoms with van der Waals surface area (Å²) in [5.41, 5.74) is 0. The Bertz CT molecular complexity index is 189. The van der Waals surface area contributed by atoms with E-state index in [1.165, 1.54) is 0 Å². The molecule has 0 aromatic rings. The van der Waals surface area contributed by atoms with Crippen molar-refractivity contribution in [2.45, 2.75) is 12.2 Å². The quantitative estimate of drug-likeness (QED) is 0.444. The third kappa shape index (κ3) is 8.06. The van der Waals surface area contributed by atoms with Gasteiger partial charge in [0.2, 0.25) is 0 Å². The van der Waals surface area contributed by atoms with Gasteiger partial charge in [-0.1, -0.05) is 0 Å². The summed E-state index contributed by atoms with van der Waals surface area (Å²) in [6, 6.07) is 0. The van der Waals surface area contributed by atoms with E-state index in [4.69, 9.17) is 15.3 Å². The molecule has 0 aliphatic heterocycles. The molecule has 0 rings (SSSR count). The van der Waals surface area contributed by atoms with Gasteiger partial charge in [-0.15, -0.1) is 0 Å². The first-order valence-corrected chi connectivity index (χ1v) is 2.50. The predicted molar refractivity (Wildman–Crippen MR) is 40.6 cm³/mol. The standard InChI is InChI=1S/C4H5BO6.Rb.Sr.3H/c5-11-4(10)2(7)1(6)3(8)9;;;;;/h1-2,6-7H,(H,8,9);;;;;/q;+1;+2;3*-1. The minimum Gasteiger partial charge on any atom is -1.00 e. The number of rotatable bonds is 3. The van der Waals surface area contributed by atoms with Crippen LogP contribution in [-0.2, 0) is 14.2 Å². The summed E-state index contributed by atoms with van der Waals surface area (Å²) >= 11 is 0. The van der Waals surface area contributed by atoms with E-state index in [0.717, 1.165) is 0 Å². The molecule has 0 saturated heterocycles. The molecule has 0 aliphatic carbocycles. The van der Waals surface area contributed by atoms with E-state index in [0.29, 0.717) is 0 Å². The minimum atomic E-state index is -2.22. The Balaban J connectivity index is -0.0000000500. The zero-order chi connectivity index (χ0) is 9.02. The number of carboxylic acid groups (broad SMARTS) is 1. The van der Waals surface area contributed by atoms with Crippen LogP contribution in [-0.4, -0.2) is 93.0 Å². The Hall–Kier alpha value is 2.21. The van der Waals surface area contributed by atoms with Gasteiger partial charge < -0.3 is 24.3 Å². The van der Waals surface area contributed by atoms with Crippen LogP contribution in [0.15, 0.2) is 0 Å². The zero-order valence-electron chi connectivity index (χ0n) is 10.0. The van der Waals surface area contributed by atoms with E-state index in [-0.39, 0.29) is 108 Å². The SMILES string of the molecule is [B]OC(=O)C(O)C(O)C(=O)O.[H-].[H-].[H-].[Rb+].[Sr+2]. The molecule has 0 aromatic heterocycles. The van der Waals surface area contributed by atoms with Gasteiger partial charge >= 0.3 is 124 Å². The summed E-state index contributed by atoms with van der Waals surface area (Å²) in [6.07, 6.45) is -4.37. The Morgan fingerprint density at radius 2 is 1.69 bits per heavy atom. The van der Waals surface area contributed by atoms with Crippen molar-refractivity contribution in [3.8, 4) is 0 Å².